The van der Waals surface area contributed by atoms with Crippen LogP contribution in [0.15, 0.2) is 41.0 Å². The molecule has 1 aliphatic rings. The summed E-state index contributed by atoms with van der Waals surface area (Å²) in [5, 5.41) is 4.94. The van der Waals surface area contributed by atoms with Crippen molar-refractivity contribution in [1.29, 1.82) is 0 Å². The maximum atomic E-state index is 6.21. The number of rotatable bonds is 4. The van der Waals surface area contributed by atoms with Crippen molar-refractivity contribution in [3.8, 4) is 0 Å². The maximum Gasteiger partial charge on any atom is 0.128 e. The Labute approximate surface area is 148 Å². The van der Waals surface area contributed by atoms with Crippen molar-refractivity contribution in [1.82, 2.24) is 10.3 Å². The molecule has 1 aromatic carbocycles. The number of aromatic nitrogens is 1. The molecule has 6 heteroatoms. The lowest BCUT2D eigenvalue weighted by Gasteiger charge is -2.18. The fourth-order valence-electron chi connectivity index (χ4n) is 2.61. The lowest BCUT2D eigenvalue weighted by Crippen LogP contribution is -2.32. The Balaban J connectivity index is 1.56. The molecule has 0 aliphatic carbocycles. The molecule has 0 saturated carbocycles. The molecule has 22 heavy (non-hydrogen) atoms. The number of halogens is 3. The first-order chi connectivity index (χ1) is 10.6. The average molecular weight is 401 g/mol. The van der Waals surface area contributed by atoms with Gasteiger partial charge in [0, 0.05) is 46.4 Å². The van der Waals surface area contributed by atoms with Crippen LogP contribution in [0, 0.1) is 0 Å². The lowest BCUT2D eigenvalue weighted by atomic mass is 10.2. The first kappa shape index (κ1) is 16.1. The summed E-state index contributed by atoms with van der Waals surface area (Å²) < 4.78 is 1.00. The number of hydrogen-bond acceptors (Lipinski definition) is 3. The summed E-state index contributed by atoms with van der Waals surface area (Å²) in [4.78, 5) is 6.75. The van der Waals surface area contributed by atoms with Gasteiger partial charge in [-0.3, -0.25) is 0 Å². The first-order valence-corrected chi connectivity index (χ1v) is 8.70. The number of hydrogen-bond donors (Lipinski definition) is 1. The molecular weight excluding hydrogens is 385 g/mol. The van der Waals surface area contributed by atoms with E-state index in [0.29, 0.717) is 16.1 Å². The van der Waals surface area contributed by atoms with Crippen molar-refractivity contribution in [2.75, 3.05) is 18.0 Å². The first-order valence-electron chi connectivity index (χ1n) is 7.15. The minimum atomic E-state index is 0.442. The molecule has 3 nitrogen and oxygen atoms in total. The number of benzene rings is 1. The van der Waals surface area contributed by atoms with E-state index in [4.69, 9.17) is 23.2 Å². The standard InChI is InChI=1S/C16H16BrCl2N3/c17-12-2-4-16(21-9-12)22-6-5-14(10-22)20-8-11-1-3-13(18)7-15(11)19/h1-4,7,9,14,20H,5-6,8,10H2/t14-/m0/s1. The Morgan fingerprint density at radius 1 is 1.27 bits per heavy atom. The quantitative estimate of drug-likeness (QED) is 0.817. The van der Waals surface area contributed by atoms with Crippen LogP contribution in [0.3, 0.4) is 0 Å². The number of pyridine rings is 1. The SMILES string of the molecule is Clc1ccc(CN[C@H]2CCN(c3ccc(Br)cn3)C2)c(Cl)c1. The van der Waals surface area contributed by atoms with Crippen molar-refractivity contribution in [2.45, 2.75) is 19.0 Å². The average Bonchev–Trinajstić information content (AvgIpc) is 2.96. The summed E-state index contributed by atoms with van der Waals surface area (Å²) >= 11 is 15.5. The largest absolute Gasteiger partial charge is 0.355 e. The number of nitrogens with one attached hydrogen (secondary N) is 1. The summed E-state index contributed by atoms with van der Waals surface area (Å²) in [5.41, 5.74) is 1.08. The van der Waals surface area contributed by atoms with E-state index in [1.165, 1.54) is 0 Å². The van der Waals surface area contributed by atoms with E-state index in [1.54, 1.807) is 6.07 Å². The van der Waals surface area contributed by atoms with Crippen LogP contribution in [-0.2, 0) is 6.54 Å². The predicted octanol–water partition coefficient (Wildman–Crippen LogP) is 4.52. The molecule has 0 radical (unpaired) electrons. The Morgan fingerprint density at radius 3 is 2.86 bits per heavy atom. The van der Waals surface area contributed by atoms with Crippen LogP contribution in [0.5, 0.6) is 0 Å². The van der Waals surface area contributed by atoms with E-state index < -0.39 is 0 Å². The van der Waals surface area contributed by atoms with E-state index in [0.717, 1.165) is 41.9 Å². The van der Waals surface area contributed by atoms with E-state index >= 15 is 0 Å². The lowest BCUT2D eigenvalue weighted by molar-refractivity contribution is 0.551. The van der Waals surface area contributed by atoms with Gasteiger partial charge < -0.3 is 10.2 Å². The number of nitrogens with zero attached hydrogens (tertiary/aromatic N) is 2. The molecule has 0 spiro atoms. The maximum absolute atomic E-state index is 6.21. The highest BCUT2D eigenvalue weighted by molar-refractivity contribution is 9.10. The monoisotopic (exact) mass is 399 g/mol. The van der Waals surface area contributed by atoms with Crippen molar-refractivity contribution in [2.24, 2.45) is 0 Å². The zero-order valence-corrected chi connectivity index (χ0v) is 15.0. The molecular formula is C16H16BrCl2N3. The Morgan fingerprint density at radius 2 is 2.14 bits per heavy atom. The van der Waals surface area contributed by atoms with Crippen molar-refractivity contribution >= 4 is 44.9 Å². The highest BCUT2D eigenvalue weighted by atomic mass is 79.9. The van der Waals surface area contributed by atoms with Gasteiger partial charge in [-0.25, -0.2) is 4.98 Å². The third kappa shape index (κ3) is 3.93. The zero-order chi connectivity index (χ0) is 15.5. The minimum Gasteiger partial charge on any atom is -0.355 e. The van der Waals surface area contributed by atoms with Crippen LogP contribution in [0.25, 0.3) is 0 Å². The second-order valence-electron chi connectivity index (χ2n) is 5.38. The van der Waals surface area contributed by atoms with Gasteiger partial charge in [0.15, 0.2) is 0 Å². The fraction of sp³-hybridized carbons (Fsp3) is 0.312. The molecule has 0 amide bonds. The van der Waals surface area contributed by atoms with E-state index in [1.807, 2.05) is 30.5 Å². The van der Waals surface area contributed by atoms with Gasteiger partial charge in [0.2, 0.25) is 0 Å². The molecule has 1 aliphatic heterocycles. The van der Waals surface area contributed by atoms with Crippen LogP contribution < -0.4 is 10.2 Å². The van der Waals surface area contributed by atoms with Crippen molar-refractivity contribution in [3.05, 3.63) is 56.6 Å². The summed E-state index contributed by atoms with van der Waals surface area (Å²) in [6, 6.07) is 10.1. The molecule has 1 aromatic heterocycles. The van der Waals surface area contributed by atoms with Crippen LogP contribution in [0.2, 0.25) is 10.0 Å². The van der Waals surface area contributed by atoms with Crippen LogP contribution >= 0.6 is 39.1 Å². The smallest absolute Gasteiger partial charge is 0.128 e. The van der Waals surface area contributed by atoms with Crippen molar-refractivity contribution in [3.63, 3.8) is 0 Å². The molecule has 2 heterocycles. The molecule has 1 atom stereocenters. The molecule has 0 bridgehead atoms. The summed E-state index contributed by atoms with van der Waals surface area (Å²) in [7, 11) is 0. The Kier molecular flexibility index (Phi) is 5.24. The van der Waals surface area contributed by atoms with Gasteiger partial charge in [-0.1, -0.05) is 29.3 Å². The van der Waals surface area contributed by atoms with Gasteiger partial charge in [-0.05, 0) is 52.2 Å². The van der Waals surface area contributed by atoms with E-state index in [2.05, 4.69) is 31.1 Å². The second-order valence-corrected chi connectivity index (χ2v) is 7.14. The minimum absolute atomic E-state index is 0.442. The van der Waals surface area contributed by atoms with Gasteiger partial charge in [0.05, 0.1) is 0 Å². The van der Waals surface area contributed by atoms with Gasteiger partial charge in [-0.15, -0.1) is 0 Å². The third-order valence-electron chi connectivity index (χ3n) is 3.82. The fourth-order valence-corrected chi connectivity index (χ4v) is 3.32. The molecule has 2 aromatic rings. The molecule has 3 rings (SSSR count). The van der Waals surface area contributed by atoms with Gasteiger partial charge >= 0.3 is 0 Å². The predicted molar refractivity (Wildman–Crippen MR) is 95.9 cm³/mol. The summed E-state index contributed by atoms with van der Waals surface area (Å²) in [6.07, 6.45) is 2.94. The zero-order valence-electron chi connectivity index (χ0n) is 11.9. The van der Waals surface area contributed by atoms with Crippen molar-refractivity contribution < 1.29 is 0 Å². The topological polar surface area (TPSA) is 28.2 Å². The summed E-state index contributed by atoms with van der Waals surface area (Å²) in [6.45, 7) is 2.72. The highest BCUT2D eigenvalue weighted by Crippen LogP contribution is 2.23. The molecule has 1 fully saturated rings. The molecule has 0 unspecified atom stereocenters. The second kappa shape index (κ2) is 7.18. The molecule has 1 saturated heterocycles. The highest BCUT2D eigenvalue weighted by Gasteiger charge is 2.23. The van der Waals surface area contributed by atoms with Crippen LogP contribution in [0.1, 0.15) is 12.0 Å². The van der Waals surface area contributed by atoms with Gasteiger partial charge in [-0.2, -0.15) is 0 Å². The number of anilines is 1. The van der Waals surface area contributed by atoms with Crippen LogP contribution in [-0.4, -0.2) is 24.1 Å². The summed E-state index contributed by atoms with van der Waals surface area (Å²) in [5.74, 6) is 1.03. The third-order valence-corrected chi connectivity index (χ3v) is 4.88. The van der Waals surface area contributed by atoms with E-state index in [9.17, 15) is 0 Å². The molecule has 116 valence electrons. The normalized spacial score (nSPS) is 18.0. The molecule has 1 N–H and O–H groups in total. The van der Waals surface area contributed by atoms with Gasteiger partial charge in [0.25, 0.3) is 0 Å². The Hall–Kier alpha value is -0.810. The van der Waals surface area contributed by atoms with E-state index in [-0.39, 0.29) is 0 Å². The van der Waals surface area contributed by atoms with Gasteiger partial charge in [0.1, 0.15) is 5.82 Å². The van der Waals surface area contributed by atoms with Crippen LogP contribution in [0.4, 0.5) is 5.82 Å². The Bertz CT molecular complexity index is 648.